The lowest BCUT2D eigenvalue weighted by Crippen LogP contribution is -2.31. The Bertz CT molecular complexity index is 683. The Kier molecular flexibility index (Phi) is 7.16. The van der Waals surface area contributed by atoms with E-state index in [0.717, 1.165) is 11.1 Å². The Labute approximate surface area is 147 Å². The summed E-state index contributed by atoms with van der Waals surface area (Å²) in [6, 6.07) is 16.3. The third-order valence-corrected chi connectivity index (χ3v) is 3.73. The number of ether oxygens (including phenoxy) is 1. The first-order valence-electron chi connectivity index (χ1n) is 8.25. The van der Waals surface area contributed by atoms with E-state index in [0.29, 0.717) is 19.8 Å². The molecular formula is C20H23NO4. The van der Waals surface area contributed by atoms with Crippen LogP contribution in [0.5, 0.6) is 0 Å². The Balaban J connectivity index is 1.66. The third-order valence-electron chi connectivity index (χ3n) is 3.73. The van der Waals surface area contributed by atoms with Gasteiger partial charge in [0.15, 0.2) is 0 Å². The first kappa shape index (κ1) is 18.7. The highest BCUT2D eigenvalue weighted by atomic mass is 16.5. The predicted molar refractivity (Wildman–Crippen MR) is 95.4 cm³/mol. The van der Waals surface area contributed by atoms with Gasteiger partial charge < -0.3 is 15.2 Å². The molecule has 2 N–H and O–H groups in total. The van der Waals surface area contributed by atoms with Gasteiger partial charge in [-0.05, 0) is 29.2 Å². The van der Waals surface area contributed by atoms with Crippen LogP contribution >= 0.6 is 0 Å². The first-order chi connectivity index (χ1) is 12.0. The van der Waals surface area contributed by atoms with Crippen molar-refractivity contribution in [3.05, 3.63) is 71.3 Å². The Hall–Kier alpha value is -2.66. The summed E-state index contributed by atoms with van der Waals surface area (Å²) in [6.45, 7) is 3.70. The van der Waals surface area contributed by atoms with Gasteiger partial charge in [0.2, 0.25) is 5.91 Å². The van der Waals surface area contributed by atoms with Gasteiger partial charge in [-0.25, -0.2) is 4.79 Å². The Morgan fingerprint density at radius 1 is 1.04 bits per heavy atom. The number of carbonyl (C=O) groups is 2. The van der Waals surface area contributed by atoms with Gasteiger partial charge in [-0.1, -0.05) is 49.4 Å². The molecule has 0 bridgehead atoms. The van der Waals surface area contributed by atoms with Crippen molar-refractivity contribution in [1.82, 2.24) is 5.32 Å². The van der Waals surface area contributed by atoms with Gasteiger partial charge in [-0.2, -0.15) is 0 Å². The van der Waals surface area contributed by atoms with Crippen molar-refractivity contribution in [2.24, 2.45) is 5.92 Å². The zero-order valence-electron chi connectivity index (χ0n) is 14.3. The quantitative estimate of drug-likeness (QED) is 0.735. The van der Waals surface area contributed by atoms with E-state index >= 15 is 0 Å². The summed E-state index contributed by atoms with van der Waals surface area (Å²) in [5.74, 6) is -0.847. The number of rotatable bonds is 9. The molecule has 2 aromatic rings. The van der Waals surface area contributed by atoms with Gasteiger partial charge in [-0.15, -0.1) is 0 Å². The number of carboxylic acid groups (broad SMARTS) is 1. The summed E-state index contributed by atoms with van der Waals surface area (Å²) in [5.41, 5.74) is 2.13. The summed E-state index contributed by atoms with van der Waals surface area (Å²) in [7, 11) is 0. The summed E-state index contributed by atoms with van der Waals surface area (Å²) < 4.78 is 5.66. The van der Waals surface area contributed by atoms with E-state index < -0.39 is 5.97 Å². The summed E-state index contributed by atoms with van der Waals surface area (Å²) in [5, 5.41) is 11.7. The van der Waals surface area contributed by atoms with E-state index in [-0.39, 0.29) is 23.8 Å². The van der Waals surface area contributed by atoms with Crippen molar-refractivity contribution in [3.8, 4) is 0 Å². The predicted octanol–water partition coefficient (Wildman–Crippen LogP) is 2.90. The van der Waals surface area contributed by atoms with Crippen LogP contribution in [0.4, 0.5) is 0 Å². The van der Waals surface area contributed by atoms with Crippen LogP contribution in [0.2, 0.25) is 0 Å². The van der Waals surface area contributed by atoms with Crippen LogP contribution in [0, 0.1) is 5.92 Å². The van der Waals surface area contributed by atoms with Crippen LogP contribution in [0.15, 0.2) is 54.6 Å². The number of aromatic carboxylic acids is 1. The maximum absolute atomic E-state index is 12.0. The number of nitrogens with one attached hydrogen (secondary N) is 1. The molecule has 2 rings (SSSR count). The fourth-order valence-electron chi connectivity index (χ4n) is 2.31. The molecule has 1 amide bonds. The number of carboxylic acids is 1. The average molecular weight is 341 g/mol. The first-order valence-corrected chi connectivity index (χ1v) is 8.25. The molecule has 0 saturated carbocycles. The van der Waals surface area contributed by atoms with E-state index in [2.05, 4.69) is 5.32 Å². The average Bonchev–Trinajstić information content (AvgIpc) is 2.61. The van der Waals surface area contributed by atoms with Crippen LogP contribution in [-0.2, 0) is 22.6 Å². The molecule has 25 heavy (non-hydrogen) atoms. The minimum absolute atomic E-state index is 0.0852. The lowest BCUT2D eigenvalue weighted by atomic mass is 10.1. The van der Waals surface area contributed by atoms with Gasteiger partial charge in [0.05, 0.1) is 25.2 Å². The maximum Gasteiger partial charge on any atom is 0.335 e. The van der Waals surface area contributed by atoms with Crippen LogP contribution < -0.4 is 5.32 Å². The molecule has 2 aromatic carbocycles. The SMILES string of the molecule is CC(CNC(=O)Cc1ccc(C(=O)O)cc1)COCc1ccccc1. The van der Waals surface area contributed by atoms with Crippen LogP contribution in [0.3, 0.4) is 0 Å². The van der Waals surface area contributed by atoms with Crippen LogP contribution in [-0.4, -0.2) is 30.1 Å². The lowest BCUT2D eigenvalue weighted by Gasteiger charge is -2.13. The highest BCUT2D eigenvalue weighted by Gasteiger charge is 2.08. The van der Waals surface area contributed by atoms with Crippen molar-refractivity contribution < 1.29 is 19.4 Å². The molecule has 0 aromatic heterocycles. The molecule has 0 aliphatic rings. The number of benzene rings is 2. The number of hydrogen-bond acceptors (Lipinski definition) is 3. The minimum atomic E-state index is -0.972. The second-order valence-corrected chi connectivity index (χ2v) is 6.09. The summed E-state index contributed by atoms with van der Waals surface area (Å²) in [6.07, 6.45) is 0.234. The highest BCUT2D eigenvalue weighted by molar-refractivity contribution is 5.87. The number of carbonyl (C=O) groups excluding carboxylic acids is 1. The number of hydrogen-bond donors (Lipinski definition) is 2. The molecule has 1 atom stereocenters. The van der Waals surface area contributed by atoms with Gasteiger partial charge in [0, 0.05) is 6.54 Å². The molecule has 132 valence electrons. The molecule has 0 heterocycles. The van der Waals surface area contributed by atoms with E-state index in [1.165, 1.54) is 12.1 Å². The molecule has 0 radical (unpaired) electrons. The molecule has 0 aliphatic carbocycles. The van der Waals surface area contributed by atoms with Gasteiger partial charge in [0.1, 0.15) is 0 Å². The summed E-state index contributed by atoms with van der Waals surface area (Å²) >= 11 is 0. The smallest absolute Gasteiger partial charge is 0.335 e. The van der Waals surface area contributed by atoms with Crippen LogP contribution in [0.25, 0.3) is 0 Å². The standard InChI is InChI=1S/C20H23NO4/c1-15(13-25-14-17-5-3-2-4-6-17)12-21-19(22)11-16-7-9-18(10-8-16)20(23)24/h2-10,15H,11-14H2,1H3,(H,21,22)(H,23,24). The molecule has 0 fully saturated rings. The van der Waals surface area contributed by atoms with Crippen molar-refractivity contribution >= 4 is 11.9 Å². The highest BCUT2D eigenvalue weighted by Crippen LogP contribution is 2.06. The van der Waals surface area contributed by atoms with E-state index in [1.807, 2.05) is 37.3 Å². The monoisotopic (exact) mass is 341 g/mol. The molecule has 5 heteroatoms. The molecular weight excluding hydrogens is 318 g/mol. The van der Waals surface area contributed by atoms with Gasteiger partial charge in [-0.3, -0.25) is 4.79 Å². The van der Waals surface area contributed by atoms with Gasteiger partial charge in [0.25, 0.3) is 0 Å². The van der Waals surface area contributed by atoms with E-state index in [9.17, 15) is 9.59 Å². The maximum atomic E-state index is 12.0. The minimum Gasteiger partial charge on any atom is -0.478 e. The molecule has 5 nitrogen and oxygen atoms in total. The second-order valence-electron chi connectivity index (χ2n) is 6.09. The van der Waals surface area contributed by atoms with Gasteiger partial charge >= 0.3 is 5.97 Å². The van der Waals surface area contributed by atoms with Crippen molar-refractivity contribution in [1.29, 1.82) is 0 Å². The Morgan fingerprint density at radius 3 is 2.36 bits per heavy atom. The Morgan fingerprint density at radius 2 is 1.72 bits per heavy atom. The normalized spacial score (nSPS) is 11.7. The molecule has 0 spiro atoms. The number of amides is 1. The second kappa shape index (κ2) is 9.59. The van der Waals surface area contributed by atoms with Crippen molar-refractivity contribution in [2.45, 2.75) is 20.0 Å². The largest absolute Gasteiger partial charge is 0.478 e. The van der Waals surface area contributed by atoms with Crippen molar-refractivity contribution in [3.63, 3.8) is 0 Å². The molecule has 1 unspecified atom stereocenters. The van der Waals surface area contributed by atoms with E-state index in [1.54, 1.807) is 12.1 Å². The fourth-order valence-corrected chi connectivity index (χ4v) is 2.31. The van der Waals surface area contributed by atoms with E-state index in [4.69, 9.17) is 9.84 Å². The molecule has 0 saturated heterocycles. The topological polar surface area (TPSA) is 75.6 Å². The zero-order valence-corrected chi connectivity index (χ0v) is 14.3. The summed E-state index contributed by atoms with van der Waals surface area (Å²) in [4.78, 5) is 22.8. The fraction of sp³-hybridized carbons (Fsp3) is 0.300. The zero-order chi connectivity index (χ0) is 18.1. The third kappa shape index (κ3) is 6.77. The van der Waals surface area contributed by atoms with Crippen LogP contribution in [0.1, 0.15) is 28.4 Å². The molecule has 0 aliphatic heterocycles. The van der Waals surface area contributed by atoms with Crippen molar-refractivity contribution in [2.75, 3.05) is 13.2 Å². The lowest BCUT2D eigenvalue weighted by molar-refractivity contribution is -0.120.